The lowest BCUT2D eigenvalue weighted by Crippen LogP contribution is -2.41. The summed E-state index contributed by atoms with van der Waals surface area (Å²) >= 11 is 0. The molecular weight excluding hydrogens is 282 g/mol. The van der Waals surface area contributed by atoms with Crippen LogP contribution in [0.2, 0.25) is 0 Å². The van der Waals surface area contributed by atoms with Crippen molar-refractivity contribution in [2.45, 2.75) is 57.5 Å². The number of aliphatic hydroxyl groups is 1. The zero-order valence-electron chi connectivity index (χ0n) is 13.5. The first-order chi connectivity index (χ1) is 10.5. The zero-order chi connectivity index (χ0) is 16.6. The maximum atomic E-state index is 11.7. The number of benzene rings is 1. The van der Waals surface area contributed by atoms with Crippen LogP contribution in [0.1, 0.15) is 57.4 Å². The Morgan fingerprint density at radius 3 is 2.41 bits per heavy atom. The fourth-order valence-corrected chi connectivity index (χ4v) is 2.52. The molecule has 5 heteroatoms. The molecule has 0 fully saturated rings. The van der Waals surface area contributed by atoms with Crippen LogP contribution in [0.5, 0.6) is 11.5 Å². The second-order valence-electron chi connectivity index (χ2n) is 5.63. The molecule has 0 bridgehead atoms. The molecule has 124 valence electrons. The van der Waals surface area contributed by atoms with Crippen LogP contribution in [0.15, 0.2) is 18.2 Å². The van der Waals surface area contributed by atoms with Crippen molar-refractivity contribution in [3.8, 4) is 11.5 Å². The Morgan fingerprint density at radius 2 is 1.86 bits per heavy atom. The number of carbonyl (C=O) groups excluding carboxylic acids is 1. The third-order valence-electron chi connectivity index (χ3n) is 3.96. The lowest BCUT2D eigenvalue weighted by atomic mass is 9.87. The van der Waals surface area contributed by atoms with Gasteiger partial charge >= 0.3 is 0 Å². The summed E-state index contributed by atoms with van der Waals surface area (Å²) in [7, 11) is 1.44. The van der Waals surface area contributed by atoms with Crippen LogP contribution < -0.4 is 10.5 Å². The van der Waals surface area contributed by atoms with Gasteiger partial charge in [-0.1, -0.05) is 45.1 Å². The van der Waals surface area contributed by atoms with Gasteiger partial charge in [0.15, 0.2) is 17.1 Å². The summed E-state index contributed by atoms with van der Waals surface area (Å²) in [4.78, 5) is 11.7. The van der Waals surface area contributed by atoms with E-state index in [9.17, 15) is 15.0 Å². The van der Waals surface area contributed by atoms with E-state index in [4.69, 9.17) is 10.5 Å². The minimum atomic E-state index is -1.76. The molecule has 0 radical (unpaired) electrons. The van der Waals surface area contributed by atoms with E-state index in [0.29, 0.717) is 12.0 Å². The molecule has 1 unspecified atom stereocenters. The number of phenols is 1. The highest BCUT2D eigenvalue weighted by atomic mass is 16.5. The highest BCUT2D eigenvalue weighted by Crippen LogP contribution is 2.34. The minimum absolute atomic E-state index is 0.123. The van der Waals surface area contributed by atoms with E-state index in [0.717, 1.165) is 19.3 Å². The Kier molecular flexibility index (Phi) is 7.18. The second kappa shape index (κ2) is 8.63. The Bertz CT molecular complexity index is 490. The van der Waals surface area contributed by atoms with E-state index in [1.807, 2.05) is 0 Å². The Hall–Kier alpha value is -1.75. The number of methoxy groups -OCH3 is 1. The fourth-order valence-electron chi connectivity index (χ4n) is 2.52. The van der Waals surface area contributed by atoms with Crippen molar-refractivity contribution in [2.75, 3.05) is 7.11 Å². The van der Waals surface area contributed by atoms with Crippen LogP contribution in [-0.2, 0) is 10.4 Å². The smallest absolute Gasteiger partial charge is 0.254 e. The Balaban J connectivity index is 2.74. The molecule has 0 heterocycles. The van der Waals surface area contributed by atoms with Gasteiger partial charge < -0.3 is 20.7 Å². The SMILES string of the molecule is CCCCCCCCC(O)(C(N)=O)c1ccc(OC)c(O)c1. The van der Waals surface area contributed by atoms with Gasteiger partial charge in [0.1, 0.15) is 0 Å². The number of rotatable bonds is 10. The topological polar surface area (TPSA) is 92.8 Å². The number of ether oxygens (including phenoxy) is 1. The van der Waals surface area contributed by atoms with Crippen LogP contribution in [0.4, 0.5) is 0 Å². The van der Waals surface area contributed by atoms with Crippen LogP contribution in [0, 0.1) is 0 Å². The summed E-state index contributed by atoms with van der Waals surface area (Å²) in [5.41, 5.74) is 3.93. The molecule has 1 rings (SSSR count). The number of hydrogen-bond acceptors (Lipinski definition) is 4. The first kappa shape index (κ1) is 18.3. The number of amides is 1. The first-order valence-corrected chi connectivity index (χ1v) is 7.85. The van der Waals surface area contributed by atoms with Gasteiger partial charge in [0.05, 0.1) is 7.11 Å². The highest BCUT2D eigenvalue weighted by molar-refractivity contribution is 5.84. The average molecular weight is 309 g/mol. The Labute approximate surface area is 132 Å². The average Bonchev–Trinajstić information content (AvgIpc) is 2.50. The molecular formula is C17H27NO4. The van der Waals surface area contributed by atoms with Crippen LogP contribution in [0.25, 0.3) is 0 Å². The number of carbonyl (C=O) groups is 1. The lowest BCUT2D eigenvalue weighted by molar-refractivity contribution is -0.138. The van der Waals surface area contributed by atoms with Gasteiger partial charge in [0, 0.05) is 0 Å². The maximum absolute atomic E-state index is 11.7. The normalized spacial score (nSPS) is 13.6. The fraction of sp³-hybridized carbons (Fsp3) is 0.588. The summed E-state index contributed by atoms with van der Waals surface area (Å²) in [6.07, 6.45) is 6.52. The quantitative estimate of drug-likeness (QED) is 0.579. The molecule has 0 aliphatic rings. The number of nitrogens with two attached hydrogens (primary N) is 1. The molecule has 0 saturated carbocycles. The monoisotopic (exact) mass is 309 g/mol. The summed E-state index contributed by atoms with van der Waals surface area (Å²) in [5, 5.41) is 20.4. The lowest BCUT2D eigenvalue weighted by Gasteiger charge is -2.25. The van der Waals surface area contributed by atoms with Crippen LogP contribution >= 0.6 is 0 Å². The number of hydrogen-bond donors (Lipinski definition) is 3. The molecule has 0 aliphatic carbocycles. The van der Waals surface area contributed by atoms with Gasteiger partial charge in [0.2, 0.25) is 0 Å². The van der Waals surface area contributed by atoms with E-state index < -0.39 is 11.5 Å². The summed E-state index contributed by atoms with van der Waals surface area (Å²) in [6, 6.07) is 4.40. The number of aromatic hydroxyl groups is 1. The van der Waals surface area contributed by atoms with E-state index in [1.54, 1.807) is 6.07 Å². The summed E-state index contributed by atoms with van der Waals surface area (Å²) in [6.45, 7) is 2.15. The zero-order valence-corrected chi connectivity index (χ0v) is 13.5. The third kappa shape index (κ3) is 4.63. The van der Waals surface area contributed by atoms with E-state index in [1.165, 1.54) is 32.1 Å². The molecule has 5 nitrogen and oxygen atoms in total. The van der Waals surface area contributed by atoms with Crippen LogP contribution in [0.3, 0.4) is 0 Å². The molecule has 1 aromatic carbocycles. The van der Waals surface area contributed by atoms with Crippen molar-refractivity contribution in [3.05, 3.63) is 23.8 Å². The number of phenolic OH excluding ortho intramolecular Hbond substituents is 1. The summed E-state index contributed by atoms with van der Waals surface area (Å²) in [5.74, 6) is -0.636. The Morgan fingerprint density at radius 1 is 1.23 bits per heavy atom. The van der Waals surface area contributed by atoms with Gasteiger partial charge in [-0.2, -0.15) is 0 Å². The predicted molar refractivity (Wildman–Crippen MR) is 85.7 cm³/mol. The standard InChI is InChI=1S/C17H27NO4/c1-3-4-5-6-7-8-11-17(21,16(18)20)13-9-10-15(22-2)14(19)12-13/h9-10,12,19,21H,3-8,11H2,1-2H3,(H2,18,20). The minimum Gasteiger partial charge on any atom is -0.504 e. The van der Waals surface area contributed by atoms with Gasteiger partial charge in [-0.25, -0.2) is 0 Å². The molecule has 0 spiro atoms. The number of primary amides is 1. The third-order valence-corrected chi connectivity index (χ3v) is 3.96. The van der Waals surface area contributed by atoms with Gasteiger partial charge in [0.25, 0.3) is 5.91 Å². The molecule has 1 aromatic rings. The second-order valence-corrected chi connectivity index (χ2v) is 5.63. The van der Waals surface area contributed by atoms with Crippen molar-refractivity contribution >= 4 is 5.91 Å². The maximum Gasteiger partial charge on any atom is 0.254 e. The van der Waals surface area contributed by atoms with Crippen molar-refractivity contribution in [1.29, 1.82) is 0 Å². The predicted octanol–water partition coefficient (Wildman–Crippen LogP) is 2.82. The largest absolute Gasteiger partial charge is 0.504 e. The van der Waals surface area contributed by atoms with Crippen molar-refractivity contribution in [2.24, 2.45) is 5.73 Å². The molecule has 22 heavy (non-hydrogen) atoms. The van der Waals surface area contributed by atoms with E-state index in [-0.39, 0.29) is 17.9 Å². The molecule has 4 N–H and O–H groups in total. The van der Waals surface area contributed by atoms with E-state index >= 15 is 0 Å². The van der Waals surface area contributed by atoms with Gasteiger partial charge in [-0.3, -0.25) is 4.79 Å². The van der Waals surface area contributed by atoms with Gasteiger partial charge in [-0.15, -0.1) is 0 Å². The highest BCUT2D eigenvalue weighted by Gasteiger charge is 2.35. The van der Waals surface area contributed by atoms with Crippen molar-refractivity contribution in [3.63, 3.8) is 0 Å². The molecule has 1 atom stereocenters. The number of unbranched alkanes of at least 4 members (excludes halogenated alkanes) is 5. The van der Waals surface area contributed by atoms with E-state index in [2.05, 4.69) is 6.92 Å². The molecule has 0 aliphatic heterocycles. The molecule has 1 amide bonds. The molecule has 0 aromatic heterocycles. The molecule has 0 saturated heterocycles. The van der Waals surface area contributed by atoms with Crippen LogP contribution in [-0.4, -0.2) is 23.2 Å². The van der Waals surface area contributed by atoms with Crippen molar-refractivity contribution in [1.82, 2.24) is 0 Å². The van der Waals surface area contributed by atoms with Crippen molar-refractivity contribution < 1.29 is 19.7 Å². The van der Waals surface area contributed by atoms with Gasteiger partial charge in [-0.05, 0) is 30.5 Å². The first-order valence-electron chi connectivity index (χ1n) is 7.85. The summed E-state index contributed by atoms with van der Waals surface area (Å²) < 4.78 is 4.96.